The van der Waals surface area contributed by atoms with Crippen LogP contribution in [0.2, 0.25) is 5.02 Å². The van der Waals surface area contributed by atoms with Crippen molar-refractivity contribution in [2.75, 3.05) is 7.05 Å². The van der Waals surface area contributed by atoms with Gasteiger partial charge in [0.25, 0.3) is 0 Å². The maximum Gasteiger partial charge on any atom is 0.410 e. The van der Waals surface area contributed by atoms with Crippen LogP contribution in [-0.2, 0) is 38.6 Å². The van der Waals surface area contributed by atoms with Crippen LogP contribution in [0.25, 0.3) is 0 Å². The van der Waals surface area contributed by atoms with Gasteiger partial charge in [-0.1, -0.05) is 87.0 Å². The summed E-state index contributed by atoms with van der Waals surface area (Å²) in [5, 5.41) is 12.8. The van der Waals surface area contributed by atoms with Crippen molar-refractivity contribution >= 4 is 41.4 Å². The van der Waals surface area contributed by atoms with Crippen LogP contribution in [0, 0.1) is 5.41 Å². The fourth-order valence-electron chi connectivity index (χ4n) is 6.25. The van der Waals surface area contributed by atoms with E-state index in [2.05, 4.69) is 5.32 Å². The molecule has 1 heterocycles. The molecule has 4 amide bonds. The van der Waals surface area contributed by atoms with Crippen LogP contribution < -0.4 is 5.32 Å². The van der Waals surface area contributed by atoms with Gasteiger partial charge in [-0.05, 0) is 80.5 Å². The zero-order valence-corrected chi connectivity index (χ0v) is 32.7. The largest absolute Gasteiger partial charge is 0.478 e. The third kappa shape index (κ3) is 9.95. The standard InChI is InChI=1S/C41H51ClN4O7/c1-25(31-16-12-13-17-32(31)42)45(23-27-18-20-28(21-19-27)38(50)51)36(48)33-22-29-14-10-11-15-30(29)24-46(33)37(49)34(40(3,4)5)43-35(47)26(2)44(9)39(52)53-41(6,7)8/h10-21,25-26,33-34H,22-24H2,1-9H3,(H,43,47)(H,50,51)/t25-,26+,33+,34-/m1/s1. The topological polar surface area (TPSA) is 137 Å². The minimum atomic E-state index is -1.07. The van der Waals surface area contributed by atoms with Gasteiger partial charge in [-0.25, -0.2) is 9.59 Å². The molecule has 4 atom stereocenters. The summed E-state index contributed by atoms with van der Waals surface area (Å²) in [5.74, 6) is -2.39. The number of aromatic carboxylic acids is 1. The summed E-state index contributed by atoms with van der Waals surface area (Å²) in [6, 6.07) is 17.7. The molecule has 0 bridgehead atoms. The van der Waals surface area contributed by atoms with E-state index in [0.717, 1.165) is 11.1 Å². The monoisotopic (exact) mass is 746 g/mol. The third-order valence-electron chi connectivity index (χ3n) is 9.52. The number of nitrogens with one attached hydrogen (secondary N) is 1. The van der Waals surface area contributed by atoms with Crippen LogP contribution in [0.15, 0.2) is 72.8 Å². The fourth-order valence-corrected chi connectivity index (χ4v) is 6.54. The first-order valence-corrected chi connectivity index (χ1v) is 18.1. The lowest BCUT2D eigenvalue weighted by Crippen LogP contribution is -2.62. The Labute approximate surface area is 317 Å². The minimum absolute atomic E-state index is 0.110. The minimum Gasteiger partial charge on any atom is -0.478 e. The second kappa shape index (κ2) is 16.4. The number of amides is 4. The van der Waals surface area contributed by atoms with Crippen molar-refractivity contribution in [2.24, 2.45) is 5.41 Å². The van der Waals surface area contributed by atoms with Gasteiger partial charge in [-0.2, -0.15) is 0 Å². The Kier molecular flexibility index (Phi) is 12.7. The van der Waals surface area contributed by atoms with E-state index < -0.39 is 59.1 Å². The highest BCUT2D eigenvalue weighted by molar-refractivity contribution is 6.31. The Balaban J connectivity index is 1.73. The molecule has 0 unspecified atom stereocenters. The van der Waals surface area contributed by atoms with Crippen molar-refractivity contribution in [2.45, 2.75) is 105 Å². The zero-order chi connectivity index (χ0) is 39.4. The van der Waals surface area contributed by atoms with Crippen molar-refractivity contribution < 1.29 is 33.8 Å². The summed E-state index contributed by atoms with van der Waals surface area (Å²) in [7, 11) is 1.46. The first-order chi connectivity index (χ1) is 24.7. The van der Waals surface area contributed by atoms with E-state index in [1.54, 1.807) is 61.8 Å². The number of benzene rings is 3. The predicted octanol–water partition coefficient (Wildman–Crippen LogP) is 6.87. The Morgan fingerprint density at radius 2 is 1.49 bits per heavy atom. The maximum absolute atomic E-state index is 15.1. The van der Waals surface area contributed by atoms with Gasteiger partial charge in [0.15, 0.2) is 0 Å². The molecule has 2 N–H and O–H groups in total. The summed E-state index contributed by atoms with van der Waals surface area (Å²) >= 11 is 6.66. The van der Waals surface area contributed by atoms with E-state index in [1.165, 1.54) is 24.1 Å². The molecule has 0 saturated carbocycles. The molecule has 4 rings (SSSR count). The molecule has 3 aromatic carbocycles. The molecule has 0 saturated heterocycles. The van der Waals surface area contributed by atoms with Gasteiger partial charge in [0.05, 0.1) is 11.6 Å². The quantitative estimate of drug-likeness (QED) is 0.231. The van der Waals surface area contributed by atoms with Gasteiger partial charge >= 0.3 is 12.1 Å². The molecule has 0 aliphatic carbocycles. The molecule has 0 fully saturated rings. The first-order valence-electron chi connectivity index (χ1n) is 17.7. The number of halogens is 1. The summed E-state index contributed by atoms with van der Waals surface area (Å²) in [5.41, 5.74) is 1.77. The van der Waals surface area contributed by atoms with Crippen LogP contribution in [0.5, 0.6) is 0 Å². The Bertz CT molecular complexity index is 1830. The second-order valence-electron chi connectivity index (χ2n) is 15.7. The van der Waals surface area contributed by atoms with Crippen LogP contribution in [0.3, 0.4) is 0 Å². The lowest BCUT2D eigenvalue weighted by molar-refractivity contribution is -0.152. The summed E-state index contributed by atoms with van der Waals surface area (Å²) in [6.07, 6.45) is -0.449. The average Bonchev–Trinajstić information content (AvgIpc) is 3.09. The molecule has 53 heavy (non-hydrogen) atoms. The van der Waals surface area contributed by atoms with E-state index in [4.69, 9.17) is 16.3 Å². The van der Waals surface area contributed by atoms with Crippen LogP contribution in [0.4, 0.5) is 4.79 Å². The number of nitrogens with zero attached hydrogens (tertiary/aromatic N) is 3. The number of carboxylic acids is 1. The molecule has 0 spiro atoms. The molecule has 0 aromatic heterocycles. The van der Waals surface area contributed by atoms with Gasteiger partial charge in [-0.15, -0.1) is 0 Å². The van der Waals surface area contributed by atoms with E-state index in [-0.39, 0.29) is 31.0 Å². The lowest BCUT2D eigenvalue weighted by Gasteiger charge is -2.43. The Hall–Kier alpha value is -4.90. The number of carboxylic acid groups (broad SMARTS) is 1. The van der Waals surface area contributed by atoms with E-state index in [1.807, 2.05) is 64.1 Å². The molecule has 1 aliphatic rings. The number of carbonyl (C=O) groups excluding carboxylic acids is 4. The van der Waals surface area contributed by atoms with E-state index in [9.17, 15) is 24.3 Å². The molecule has 1 aliphatic heterocycles. The van der Waals surface area contributed by atoms with Gasteiger partial charge in [-0.3, -0.25) is 19.3 Å². The van der Waals surface area contributed by atoms with E-state index >= 15 is 4.79 Å². The number of hydrogen-bond acceptors (Lipinski definition) is 6. The number of likely N-dealkylation sites (N-methyl/N-ethyl adjacent to an activating group) is 1. The van der Waals surface area contributed by atoms with Crippen molar-refractivity contribution in [1.82, 2.24) is 20.0 Å². The van der Waals surface area contributed by atoms with Crippen LogP contribution in [-0.4, -0.2) is 80.4 Å². The maximum atomic E-state index is 15.1. The first kappa shape index (κ1) is 40.9. The Morgan fingerprint density at radius 3 is 2.06 bits per heavy atom. The highest BCUT2D eigenvalue weighted by Crippen LogP contribution is 2.33. The Morgan fingerprint density at radius 1 is 0.906 bits per heavy atom. The molecule has 12 heteroatoms. The number of carbonyl (C=O) groups is 5. The zero-order valence-electron chi connectivity index (χ0n) is 32.0. The van der Waals surface area contributed by atoms with Gasteiger partial charge < -0.3 is 25.0 Å². The summed E-state index contributed by atoms with van der Waals surface area (Å²) in [6.45, 7) is 14.4. The molecule has 3 aromatic rings. The smallest absolute Gasteiger partial charge is 0.410 e. The second-order valence-corrected chi connectivity index (χ2v) is 16.1. The van der Waals surface area contributed by atoms with Crippen molar-refractivity contribution in [3.63, 3.8) is 0 Å². The molecule has 284 valence electrons. The molecular formula is C41H51ClN4O7. The number of rotatable bonds is 10. The third-order valence-corrected chi connectivity index (χ3v) is 9.86. The number of hydrogen-bond donors (Lipinski definition) is 2. The molecule has 0 radical (unpaired) electrons. The SMILES string of the molecule is C[C@H](c1ccccc1Cl)N(Cc1ccc(C(=O)O)cc1)C(=O)[C@@H]1Cc2ccccc2CN1C(=O)[C@@H](NC(=O)[C@H](C)N(C)C(=O)OC(C)(C)C)C(C)(C)C. The molecular weight excluding hydrogens is 696 g/mol. The lowest BCUT2D eigenvalue weighted by atomic mass is 9.84. The van der Waals surface area contributed by atoms with Gasteiger partial charge in [0, 0.05) is 31.6 Å². The number of fused-ring (bicyclic) bond motifs is 1. The van der Waals surface area contributed by atoms with Crippen LogP contribution >= 0.6 is 11.6 Å². The average molecular weight is 747 g/mol. The number of ether oxygens (including phenoxy) is 1. The normalized spacial score (nSPS) is 16.0. The van der Waals surface area contributed by atoms with Gasteiger partial charge in [0.1, 0.15) is 23.7 Å². The molecule has 11 nitrogen and oxygen atoms in total. The highest BCUT2D eigenvalue weighted by Gasteiger charge is 2.44. The van der Waals surface area contributed by atoms with Crippen molar-refractivity contribution in [3.8, 4) is 0 Å². The summed E-state index contributed by atoms with van der Waals surface area (Å²) < 4.78 is 5.45. The fraction of sp³-hybridized carbons (Fsp3) is 0.439. The van der Waals surface area contributed by atoms with Crippen molar-refractivity contribution in [1.29, 1.82) is 0 Å². The van der Waals surface area contributed by atoms with E-state index in [0.29, 0.717) is 16.1 Å². The predicted molar refractivity (Wildman–Crippen MR) is 203 cm³/mol. The highest BCUT2D eigenvalue weighted by atomic mass is 35.5. The van der Waals surface area contributed by atoms with Crippen molar-refractivity contribution in [3.05, 3.63) is 106 Å². The van der Waals surface area contributed by atoms with Crippen LogP contribution in [0.1, 0.15) is 94.0 Å². The van der Waals surface area contributed by atoms with Gasteiger partial charge in [0.2, 0.25) is 17.7 Å². The summed E-state index contributed by atoms with van der Waals surface area (Å²) in [4.78, 5) is 72.4.